The van der Waals surface area contributed by atoms with Gasteiger partial charge in [-0.1, -0.05) is 24.3 Å². The van der Waals surface area contributed by atoms with Gasteiger partial charge in [-0.25, -0.2) is 4.98 Å². The number of fused-ring (bicyclic) bond motifs is 1. The Labute approximate surface area is 152 Å². The molecule has 2 heterocycles. The van der Waals surface area contributed by atoms with E-state index in [2.05, 4.69) is 9.97 Å². The number of alkyl halides is 3. The van der Waals surface area contributed by atoms with Crippen LogP contribution >= 0.6 is 0 Å². The number of rotatable bonds is 2. The van der Waals surface area contributed by atoms with E-state index in [0.717, 1.165) is 12.1 Å². The van der Waals surface area contributed by atoms with Gasteiger partial charge in [0.1, 0.15) is 0 Å². The van der Waals surface area contributed by atoms with Crippen LogP contribution in [0.3, 0.4) is 0 Å². The van der Waals surface area contributed by atoms with Gasteiger partial charge in [-0.05, 0) is 36.2 Å². The molecule has 0 amide bonds. The quantitative estimate of drug-likeness (QED) is 0.722. The van der Waals surface area contributed by atoms with E-state index in [1.54, 1.807) is 35.2 Å². The monoisotopic (exact) mass is 375 g/mol. The molecule has 1 aliphatic heterocycles. The summed E-state index contributed by atoms with van der Waals surface area (Å²) in [6, 6.07) is 11.3. The summed E-state index contributed by atoms with van der Waals surface area (Å²) in [5.74, 6) is 0.234. The number of para-hydroxylation sites is 1. The SMILES string of the molecule is O=c1[nH]c(N2C[C@@H](O)C[C@@H]2c2cccc(C(F)(F)F)c2)nc2ccccc12. The summed E-state index contributed by atoms with van der Waals surface area (Å²) < 4.78 is 39.2. The van der Waals surface area contributed by atoms with Crippen LogP contribution in [-0.4, -0.2) is 27.7 Å². The number of β-amino-alcohol motifs (C(OH)–C–C–N with tert-alkyl or cyclic N) is 1. The Bertz CT molecular complexity index is 1050. The van der Waals surface area contributed by atoms with Gasteiger partial charge >= 0.3 is 6.18 Å². The number of H-pyrrole nitrogens is 1. The Balaban J connectivity index is 1.78. The van der Waals surface area contributed by atoms with Gasteiger partial charge in [0.05, 0.1) is 28.6 Å². The topological polar surface area (TPSA) is 69.2 Å². The van der Waals surface area contributed by atoms with Crippen molar-refractivity contribution >= 4 is 16.9 Å². The highest BCUT2D eigenvalue weighted by Gasteiger charge is 2.36. The minimum Gasteiger partial charge on any atom is -0.391 e. The highest BCUT2D eigenvalue weighted by atomic mass is 19.4. The Morgan fingerprint density at radius 3 is 2.70 bits per heavy atom. The second kappa shape index (κ2) is 6.38. The summed E-state index contributed by atoms with van der Waals surface area (Å²) in [6.07, 6.45) is -4.94. The molecule has 1 fully saturated rings. The molecule has 3 aromatic rings. The lowest BCUT2D eigenvalue weighted by Gasteiger charge is -2.25. The molecule has 0 bridgehead atoms. The van der Waals surface area contributed by atoms with Gasteiger partial charge in [0.15, 0.2) is 0 Å². The molecule has 2 aromatic carbocycles. The molecule has 140 valence electrons. The number of nitrogens with zero attached hydrogens (tertiary/aromatic N) is 2. The number of benzene rings is 2. The van der Waals surface area contributed by atoms with Gasteiger partial charge in [0.2, 0.25) is 5.95 Å². The first-order valence-electron chi connectivity index (χ1n) is 8.44. The fourth-order valence-electron chi connectivity index (χ4n) is 3.50. The maximum atomic E-state index is 13.1. The highest BCUT2D eigenvalue weighted by molar-refractivity contribution is 5.78. The zero-order valence-electron chi connectivity index (χ0n) is 14.1. The van der Waals surface area contributed by atoms with Crippen molar-refractivity contribution in [2.24, 2.45) is 0 Å². The van der Waals surface area contributed by atoms with Crippen molar-refractivity contribution in [2.75, 3.05) is 11.4 Å². The molecular weight excluding hydrogens is 359 g/mol. The molecule has 0 spiro atoms. The zero-order valence-corrected chi connectivity index (χ0v) is 14.1. The minimum atomic E-state index is -4.45. The molecule has 0 radical (unpaired) electrons. The number of hydrogen-bond acceptors (Lipinski definition) is 4. The summed E-state index contributed by atoms with van der Waals surface area (Å²) >= 11 is 0. The summed E-state index contributed by atoms with van der Waals surface area (Å²) in [5.41, 5.74) is -0.182. The summed E-state index contributed by atoms with van der Waals surface area (Å²) in [4.78, 5) is 21.1. The largest absolute Gasteiger partial charge is 0.416 e. The average Bonchev–Trinajstić information content (AvgIpc) is 3.03. The Morgan fingerprint density at radius 2 is 1.93 bits per heavy atom. The van der Waals surface area contributed by atoms with Crippen molar-refractivity contribution in [1.82, 2.24) is 9.97 Å². The maximum Gasteiger partial charge on any atom is 0.416 e. The zero-order chi connectivity index (χ0) is 19.2. The van der Waals surface area contributed by atoms with Crippen LogP contribution in [0.15, 0.2) is 53.3 Å². The van der Waals surface area contributed by atoms with Crippen molar-refractivity contribution in [3.63, 3.8) is 0 Å². The van der Waals surface area contributed by atoms with Gasteiger partial charge in [0, 0.05) is 6.54 Å². The Hall–Kier alpha value is -2.87. The average molecular weight is 375 g/mol. The van der Waals surface area contributed by atoms with E-state index in [1.807, 2.05) is 0 Å². The number of anilines is 1. The molecule has 4 rings (SSSR count). The maximum absolute atomic E-state index is 13.1. The number of nitrogens with one attached hydrogen (secondary N) is 1. The van der Waals surface area contributed by atoms with Crippen LogP contribution in [0.25, 0.3) is 10.9 Å². The lowest BCUT2D eigenvalue weighted by atomic mass is 10.0. The number of aromatic amines is 1. The lowest BCUT2D eigenvalue weighted by molar-refractivity contribution is -0.137. The van der Waals surface area contributed by atoms with Gasteiger partial charge in [0.25, 0.3) is 5.56 Å². The molecule has 0 unspecified atom stereocenters. The minimum absolute atomic E-state index is 0.169. The van der Waals surface area contributed by atoms with Gasteiger partial charge in [-0.3, -0.25) is 9.78 Å². The van der Waals surface area contributed by atoms with E-state index in [0.29, 0.717) is 16.5 Å². The summed E-state index contributed by atoms with van der Waals surface area (Å²) in [6.45, 7) is 0.169. The molecule has 2 atom stereocenters. The third kappa shape index (κ3) is 3.28. The number of aromatic nitrogens is 2. The molecule has 0 aliphatic carbocycles. The van der Waals surface area contributed by atoms with Crippen molar-refractivity contribution in [3.05, 3.63) is 70.0 Å². The van der Waals surface area contributed by atoms with E-state index >= 15 is 0 Å². The standard InChI is InChI=1S/C19H16F3N3O2/c20-19(21,22)12-5-3-4-11(8-12)16-9-13(26)10-25(16)18-23-15-7-2-1-6-14(15)17(27)24-18/h1-8,13,16,26H,9-10H2,(H,23,24,27)/t13-,16+/m0/s1. The number of aliphatic hydroxyl groups excluding tert-OH is 1. The second-order valence-corrected chi connectivity index (χ2v) is 6.59. The Kier molecular flexibility index (Phi) is 4.15. The van der Waals surface area contributed by atoms with Gasteiger partial charge < -0.3 is 10.0 Å². The van der Waals surface area contributed by atoms with E-state index in [-0.39, 0.29) is 24.5 Å². The van der Waals surface area contributed by atoms with Crippen LogP contribution in [0.2, 0.25) is 0 Å². The number of hydrogen-bond donors (Lipinski definition) is 2. The molecule has 1 saturated heterocycles. The molecule has 1 aliphatic rings. The molecule has 2 N–H and O–H groups in total. The number of aliphatic hydroxyl groups is 1. The van der Waals surface area contributed by atoms with Crippen molar-refractivity contribution in [3.8, 4) is 0 Å². The second-order valence-electron chi connectivity index (χ2n) is 6.59. The molecule has 0 saturated carbocycles. The van der Waals surface area contributed by atoms with E-state index < -0.39 is 23.9 Å². The van der Waals surface area contributed by atoms with E-state index in [1.165, 1.54) is 6.07 Å². The van der Waals surface area contributed by atoms with Crippen molar-refractivity contribution in [2.45, 2.75) is 24.7 Å². The molecule has 27 heavy (non-hydrogen) atoms. The first-order valence-corrected chi connectivity index (χ1v) is 8.44. The molecule has 8 heteroatoms. The highest BCUT2D eigenvalue weighted by Crippen LogP contribution is 2.37. The fraction of sp³-hybridized carbons (Fsp3) is 0.263. The molecule has 5 nitrogen and oxygen atoms in total. The van der Waals surface area contributed by atoms with E-state index in [4.69, 9.17) is 0 Å². The van der Waals surface area contributed by atoms with Gasteiger partial charge in [-0.2, -0.15) is 13.2 Å². The van der Waals surface area contributed by atoms with Crippen LogP contribution in [0, 0.1) is 0 Å². The number of halogens is 3. The third-order valence-electron chi connectivity index (χ3n) is 4.75. The predicted molar refractivity (Wildman–Crippen MR) is 94.5 cm³/mol. The van der Waals surface area contributed by atoms with Crippen LogP contribution in [0.4, 0.5) is 19.1 Å². The fourth-order valence-corrected chi connectivity index (χ4v) is 3.50. The van der Waals surface area contributed by atoms with Crippen LogP contribution in [0.5, 0.6) is 0 Å². The van der Waals surface area contributed by atoms with Crippen molar-refractivity contribution < 1.29 is 18.3 Å². The molecule has 1 aromatic heterocycles. The Morgan fingerprint density at radius 1 is 1.15 bits per heavy atom. The lowest BCUT2D eigenvalue weighted by Crippen LogP contribution is -2.28. The van der Waals surface area contributed by atoms with Crippen LogP contribution < -0.4 is 10.5 Å². The first-order chi connectivity index (χ1) is 12.8. The first kappa shape index (κ1) is 17.5. The van der Waals surface area contributed by atoms with Crippen molar-refractivity contribution in [1.29, 1.82) is 0 Å². The molecular formula is C19H16F3N3O2. The van der Waals surface area contributed by atoms with Gasteiger partial charge in [-0.15, -0.1) is 0 Å². The summed E-state index contributed by atoms with van der Waals surface area (Å²) in [7, 11) is 0. The van der Waals surface area contributed by atoms with Crippen LogP contribution in [-0.2, 0) is 6.18 Å². The smallest absolute Gasteiger partial charge is 0.391 e. The normalized spacial score (nSPS) is 20.4. The van der Waals surface area contributed by atoms with Crippen LogP contribution in [0.1, 0.15) is 23.6 Å². The van der Waals surface area contributed by atoms with E-state index in [9.17, 15) is 23.1 Å². The predicted octanol–water partition coefficient (Wildman–Crippen LogP) is 3.25. The third-order valence-corrected chi connectivity index (χ3v) is 4.75. The summed E-state index contributed by atoms with van der Waals surface area (Å²) in [5, 5.41) is 10.5.